The Kier molecular flexibility index (Phi) is 5.72. The van der Waals surface area contributed by atoms with Crippen molar-refractivity contribution in [3.8, 4) is 0 Å². The third kappa shape index (κ3) is 5.05. The van der Waals surface area contributed by atoms with E-state index in [9.17, 15) is 0 Å². The number of rotatable bonds is 6. The number of aliphatic hydroxyl groups excluding tert-OH is 1. The molecule has 0 unspecified atom stereocenters. The van der Waals surface area contributed by atoms with Gasteiger partial charge in [0, 0.05) is 12.0 Å². The van der Waals surface area contributed by atoms with E-state index in [0.29, 0.717) is 18.4 Å². The maximum Gasteiger partial charge on any atom is 0.232 e. The predicted octanol–water partition coefficient (Wildman–Crippen LogP) is 1.16. The predicted molar refractivity (Wildman–Crippen MR) is 81.0 cm³/mol. The van der Waals surface area contributed by atoms with Gasteiger partial charge in [0.05, 0.1) is 13.2 Å². The molecule has 120 valence electrons. The molecule has 6 heteroatoms. The number of likely N-dealkylation sites (tertiary alicyclic amines) is 1. The van der Waals surface area contributed by atoms with Gasteiger partial charge in [-0.25, -0.2) is 0 Å². The summed E-state index contributed by atoms with van der Waals surface area (Å²) < 4.78 is 5.28. The first-order valence-corrected chi connectivity index (χ1v) is 7.86. The minimum absolute atomic E-state index is 0.0925. The van der Waals surface area contributed by atoms with Gasteiger partial charge in [0.15, 0.2) is 5.82 Å². The third-order valence-corrected chi connectivity index (χ3v) is 3.95. The molecule has 0 bridgehead atoms. The van der Waals surface area contributed by atoms with Crippen molar-refractivity contribution in [2.45, 2.75) is 45.6 Å². The lowest BCUT2D eigenvalue weighted by atomic mass is 9.97. The topological polar surface area (TPSA) is 74.4 Å². The highest BCUT2D eigenvalue weighted by molar-refractivity contribution is 4.98. The number of hydrogen-bond acceptors (Lipinski definition) is 6. The van der Waals surface area contributed by atoms with E-state index in [-0.39, 0.29) is 12.0 Å². The summed E-state index contributed by atoms with van der Waals surface area (Å²) in [5, 5.41) is 16.4. The number of hydrogen-bond donors (Lipinski definition) is 2. The number of aliphatic hydroxyl groups is 1. The molecule has 0 amide bonds. The van der Waals surface area contributed by atoms with Crippen LogP contribution >= 0.6 is 0 Å². The Bertz CT molecular complexity index is 420. The molecular weight excluding hydrogens is 268 g/mol. The van der Waals surface area contributed by atoms with Gasteiger partial charge in [-0.2, -0.15) is 4.98 Å². The van der Waals surface area contributed by atoms with Gasteiger partial charge in [0.25, 0.3) is 0 Å². The highest BCUT2D eigenvalue weighted by Gasteiger charge is 2.22. The zero-order valence-electron chi connectivity index (χ0n) is 13.4. The number of β-amino-alcohol motifs (C(OH)–C–C–N with tert-alkyl or cyclic N) is 1. The fourth-order valence-corrected chi connectivity index (χ4v) is 2.57. The molecule has 21 heavy (non-hydrogen) atoms. The summed E-state index contributed by atoms with van der Waals surface area (Å²) in [4.78, 5) is 6.75. The van der Waals surface area contributed by atoms with Crippen molar-refractivity contribution in [1.29, 1.82) is 0 Å². The van der Waals surface area contributed by atoms with Crippen LogP contribution in [0.1, 0.15) is 45.3 Å². The van der Waals surface area contributed by atoms with Crippen LogP contribution in [0, 0.1) is 5.92 Å². The number of nitrogens with zero attached hydrogens (tertiary/aromatic N) is 3. The lowest BCUT2D eigenvalue weighted by Gasteiger charge is -2.31. The molecule has 1 aromatic heterocycles. The summed E-state index contributed by atoms with van der Waals surface area (Å²) in [5.41, 5.74) is -0.0925. The van der Waals surface area contributed by atoms with Gasteiger partial charge in [0.1, 0.15) is 0 Å². The van der Waals surface area contributed by atoms with Crippen LogP contribution in [0.15, 0.2) is 4.52 Å². The molecule has 1 aromatic rings. The molecule has 1 saturated heterocycles. The van der Waals surface area contributed by atoms with Crippen molar-refractivity contribution in [3.05, 3.63) is 11.7 Å². The third-order valence-electron chi connectivity index (χ3n) is 3.95. The molecule has 0 saturated carbocycles. The van der Waals surface area contributed by atoms with E-state index in [1.807, 2.05) is 0 Å². The average Bonchev–Trinajstić information content (AvgIpc) is 2.90. The molecule has 6 nitrogen and oxygen atoms in total. The second kappa shape index (κ2) is 7.33. The summed E-state index contributed by atoms with van der Waals surface area (Å²) in [6, 6.07) is 0. The van der Waals surface area contributed by atoms with Crippen molar-refractivity contribution in [3.63, 3.8) is 0 Å². The molecular formula is C15H28N4O2. The van der Waals surface area contributed by atoms with Crippen LogP contribution in [0.2, 0.25) is 0 Å². The van der Waals surface area contributed by atoms with Crippen LogP contribution in [0.3, 0.4) is 0 Å². The zero-order chi connectivity index (χ0) is 15.3. The van der Waals surface area contributed by atoms with Crippen molar-refractivity contribution in [2.75, 3.05) is 32.8 Å². The van der Waals surface area contributed by atoms with Gasteiger partial charge in [-0.05, 0) is 38.4 Å². The smallest absolute Gasteiger partial charge is 0.232 e. The van der Waals surface area contributed by atoms with Crippen LogP contribution in [0.5, 0.6) is 0 Å². The standard InChI is InChI=1S/C15H28N4O2/c1-15(2,3)14-17-13(18-21-14)11-16-10-12-4-6-19(7-5-12)8-9-20/h12,16,20H,4-11H2,1-3H3. The summed E-state index contributed by atoms with van der Waals surface area (Å²) in [5.74, 6) is 2.13. The lowest BCUT2D eigenvalue weighted by Crippen LogP contribution is -2.38. The summed E-state index contributed by atoms with van der Waals surface area (Å²) in [6.45, 7) is 11.1. The number of nitrogens with one attached hydrogen (secondary N) is 1. The molecule has 0 spiro atoms. The minimum Gasteiger partial charge on any atom is -0.395 e. The van der Waals surface area contributed by atoms with Crippen LogP contribution < -0.4 is 5.32 Å². The molecule has 0 radical (unpaired) electrons. The Morgan fingerprint density at radius 1 is 1.33 bits per heavy atom. The van der Waals surface area contributed by atoms with E-state index >= 15 is 0 Å². The van der Waals surface area contributed by atoms with Gasteiger partial charge in [-0.15, -0.1) is 0 Å². The second-order valence-corrected chi connectivity index (χ2v) is 6.91. The highest BCUT2D eigenvalue weighted by atomic mass is 16.5. The lowest BCUT2D eigenvalue weighted by molar-refractivity contribution is 0.146. The van der Waals surface area contributed by atoms with E-state index in [2.05, 4.69) is 41.1 Å². The van der Waals surface area contributed by atoms with Crippen LogP contribution in [-0.2, 0) is 12.0 Å². The maximum atomic E-state index is 8.93. The Hall–Kier alpha value is -0.980. The molecule has 2 heterocycles. The first kappa shape index (κ1) is 16.4. The van der Waals surface area contributed by atoms with Crippen LogP contribution in [0.25, 0.3) is 0 Å². The largest absolute Gasteiger partial charge is 0.395 e. The monoisotopic (exact) mass is 296 g/mol. The van der Waals surface area contributed by atoms with Crippen molar-refractivity contribution >= 4 is 0 Å². The number of piperidine rings is 1. The van der Waals surface area contributed by atoms with Gasteiger partial charge in [-0.1, -0.05) is 25.9 Å². The first-order valence-electron chi connectivity index (χ1n) is 7.86. The second-order valence-electron chi connectivity index (χ2n) is 6.91. The Morgan fingerprint density at radius 3 is 2.62 bits per heavy atom. The summed E-state index contributed by atoms with van der Waals surface area (Å²) in [7, 11) is 0. The quantitative estimate of drug-likeness (QED) is 0.820. The van der Waals surface area contributed by atoms with E-state index in [1.165, 1.54) is 12.8 Å². The minimum atomic E-state index is -0.0925. The molecule has 0 aliphatic carbocycles. The van der Waals surface area contributed by atoms with Crippen LogP contribution in [-0.4, -0.2) is 52.9 Å². The van der Waals surface area contributed by atoms with Gasteiger partial charge in [0.2, 0.25) is 5.89 Å². The first-order chi connectivity index (χ1) is 9.99. The van der Waals surface area contributed by atoms with E-state index in [1.54, 1.807) is 0 Å². The normalized spacial score (nSPS) is 18.3. The zero-order valence-corrected chi connectivity index (χ0v) is 13.4. The highest BCUT2D eigenvalue weighted by Crippen LogP contribution is 2.19. The molecule has 1 aliphatic heterocycles. The SMILES string of the molecule is CC(C)(C)c1nc(CNCC2CCN(CCO)CC2)no1. The van der Waals surface area contributed by atoms with Gasteiger partial charge >= 0.3 is 0 Å². The average molecular weight is 296 g/mol. The van der Waals surface area contributed by atoms with E-state index < -0.39 is 0 Å². The van der Waals surface area contributed by atoms with Crippen molar-refractivity contribution in [1.82, 2.24) is 20.4 Å². The van der Waals surface area contributed by atoms with Gasteiger partial charge in [-0.3, -0.25) is 0 Å². The van der Waals surface area contributed by atoms with E-state index in [0.717, 1.165) is 32.0 Å². The number of aromatic nitrogens is 2. The fraction of sp³-hybridized carbons (Fsp3) is 0.867. The maximum absolute atomic E-state index is 8.93. The molecule has 0 atom stereocenters. The molecule has 2 rings (SSSR count). The Labute approximate surface area is 126 Å². The van der Waals surface area contributed by atoms with Crippen molar-refractivity contribution < 1.29 is 9.63 Å². The van der Waals surface area contributed by atoms with Crippen molar-refractivity contribution in [2.24, 2.45) is 5.92 Å². The molecule has 1 aliphatic rings. The summed E-state index contributed by atoms with van der Waals surface area (Å²) >= 11 is 0. The molecule has 1 fully saturated rings. The Morgan fingerprint density at radius 2 is 2.05 bits per heavy atom. The fourth-order valence-electron chi connectivity index (χ4n) is 2.57. The summed E-state index contributed by atoms with van der Waals surface area (Å²) in [6.07, 6.45) is 2.37. The Balaban J connectivity index is 1.67. The molecule has 2 N–H and O–H groups in total. The molecule has 0 aromatic carbocycles. The van der Waals surface area contributed by atoms with Gasteiger partial charge < -0.3 is 19.8 Å². The van der Waals surface area contributed by atoms with Crippen LogP contribution in [0.4, 0.5) is 0 Å². The van der Waals surface area contributed by atoms with E-state index in [4.69, 9.17) is 9.63 Å².